The van der Waals surface area contributed by atoms with Crippen LogP contribution in [0.3, 0.4) is 0 Å². The largest absolute Gasteiger partial charge is 0.441 e. The lowest BCUT2D eigenvalue weighted by atomic mass is 9.91. The third-order valence-corrected chi connectivity index (χ3v) is 5.15. The number of carbonyl (C=O) groups is 2. The van der Waals surface area contributed by atoms with Crippen molar-refractivity contribution in [1.82, 2.24) is 4.90 Å². The first-order valence-corrected chi connectivity index (χ1v) is 9.83. The normalized spacial score (nSPS) is 17.6. The van der Waals surface area contributed by atoms with Gasteiger partial charge in [0, 0.05) is 35.1 Å². The van der Waals surface area contributed by atoms with E-state index in [0.717, 1.165) is 5.56 Å². The third-order valence-electron chi connectivity index (χ3n) is 4.91. The van der Waals surface area contributed by atoms with Crippen LogP contribution in [0.2, 0.25) is 5.02 Å². The molecule has 4 N–H and O–H groups in total. The fourth-order valence-electron chi connectivity index (χ4n) is 3.61. The summed E-state index contributed by atoms with van der Waals surface area (Å²) in [5, 5.41) is 5.99. The van der Waals surface area contributed by atoms with E-state index in [1.165, 1.54) is 23.1 Å². The van der Waals surface area contributed by atoms with Gasteiger partial charge in [0.2, 0.25) is 0 Å². The van der Waals surface area contributed by atoms with Crippen molar-refractivity contribution in [3.63, 3.8) is 0 Å². The van der Waals surface area contributed by atoms with Crippen LogP contribution in [0.4, 0.5) is 25.4 Å². The van der Waals surface area contributed by atoms with E-state index in [2.05, 4.69) is 10.6 Å². The lowest BCUT2D eigenvalue weighted by Gasteiger charge is -2.29. The number of nitrogens with two attached hydrogens (primary N) is 1. The molecule has 0 aromatic heterocycles. The molecule has 0 bridgehead atoms. The lowest BCUT2D eigenvalue weighted by Crippen LogP contribution is -2.37. The first kappa shape index (κ1) is 21.9. The van der Waals surface area contributed by atoms with Crippen molar-refractivity contribution >= 4 is 35.1 Å². The van der Waals surface area contributed by atoms with Gasteiger partial charge in [-0.2, -0.15) is 0 Å². The molecule has 2 aromatic carbocycles. The fourth-order valence-corrected chi connectivity index (χ4v) is 3.83. The number of nitrogens with one attached hydrogen (secondary N) is 2. The van der Waals surface area contributed by atoms with Crippen LogP contribution in [-0.2, 0) is 4.74 Å². The number of ether oxygens (including phenoxy) is 1. The number of carbonyl (C=O) groups excluding carboxylic acids is 2. The van der Waals surface area contributed by atoms with E-state index in [1.54, 1.807) is 32.0 Å². The van der Waals surface area contributed by atoms with Crippen molar-refractivity contribution in [3.05, 3.63) is 58.4 Å². The minimum absolute atomic E-state index is 0.212. The molecule has 7 nitrogen and oxygen atoms in total. The Kier molecular flexibility index (Phi) is 6.19. The molecule has 30 heavy (non-hydrogen) atoms. The van der Waals surface area contributed by atoms with E-state index in [9.17, 15) is 14.0 Å². The minimum Gasteiger partial charge on any atom is -0.441 e. The summed E-state index contributed by atoms with van der Waals surface area (Å²) in [4.78, 5) is 26.1. The molecule has 3 rings (SSSR count). The average Bonchev–Trinajstić information content (AvgIpc) is 2.87. The maximum absolute atomic E-state index is 14.7. The van der Waals surface area contributed by atoms with Crippen LogP contribution >= 0.6 is 11.6 Å². The molecule has 1 unspecified atom stereocenters. The number of nitrogens with zero attached hydrogens (tertiary/aromatic N) is 1. The quantitative estimate of drug-likeness (QED) is 0.637. The Morgan fingerprint density at radius 2 is 2.00 bits per heavy atom. The Balaban J connectivity index is 1.84. The molecule has 1 aliphatic heterocycles. The molecule has 160 valence electrons. The Labute approximate surface area is 179 Å². The topological polar surface area (TPSA) is 96.7 Å². The second-order valence-corrected chi connectivity index (χ2v) is 8.07. The van der Waals surface area contributed by atoms with Gasteiger partial charge in [-0.15, -0.1) is 0 Å². The van der Waals surface area contributed by atoms with Crippen molar-refractivity contribution in [1.29, 1.82) is 0 Å². The molecule has 1 aliphatic rings. The number of amides is 3. The van der Waals surface area contributed by atoms with E-state index in [0.29, 0.717) is 16.4 Å². The third kappa shape index (κ3) is 4.49. The lowest BCUT2D eigenvalue weighted by molar-refractivity contribution is 0.0667. The van der Waals surface area contributed by atoms with Gasteiger partial charge in [-0.25, -0.2) is 14.0 Å². The summed E-state index contributed by atoms with van der Waals surface area (Å²) in [5.74, 6) is -0.507. The Bertz CT molecular complexity index is 983. The van der Waals surface area contributed by atoms with Crippen LogP contribution in [0.15, 0.2) is 36.4 Å². The van der Waals surface area contributed by atoms with E-state index in [-0.39, 0.29) is 18.7 Å². The van der Waals surface area contributed by atoms with Gasteiger partial charge in [0.05, 0.1) is 0 Å². The highest BCUT2D eigenvalue weighted by atomic mass is 35.5. The highest BCUT2D eigenvalue weighted by molar-refractivity contribution is 6.30. The summed E-state index contributed by atoms with van der Waals surface area (Å²) < 4.78 is 20.1. The van der Waals surface area contributed by atoms with E-state index < -0.39 is 29.6 Å². The summed E-state index contributed by atoms with van der Waals surface area (Å²) in [7, 11) is 0. The van der Waals surface area contributed by atoms with Crippen LogP contribution in [-0.4, -0.2) is 35.7 Å². The number of rotatable bonds is 5. The zero-order chi connectivity index (χ0) is 22.1. The number of benzene rings is 2. The molecule has 0 saturated carbocycles. The number of hydrogen-bond donors (Lipinski definition) is 3. The molecule has 0 radical (unpaired) electrons. The van der Waals surface area contributed by atoms with E-state index in [4.69, 9.17) is 22.1 Å². The number of anilines is 2. The molecular formula is C21H24ClFN4O3. The molecule has 1 atom stereocenters. The zero-order valence-electron chi connectivity index (χ0n) is 17.0. The molecule has 1 fully saturated rings. The number of urea groups is 1. The second kappa shape index (κ2) is 8.49. The SMILES string of the molecule is Cc1cc(Cl)ccc1NC(=O)Nc1ccc(F)c(C2N(CCN)C(=O)OC2(C)C)c1. The molecular weight excluding hydrogens is 411 g/mol. The summed E-state index contributed by atoms with van der Waals surface area (Å²) >= 11 is 5.94. The molecule has 1 saturated heterocycles. The molecule has 1 heterocycles. The highest BCUT2D eigenvalue weighted by Gasteiger charge is 2.49. The smallest absolute Gasteiger partial charge is 0.411 e. The molecule has 0 spiro atoms. The van der Waals surface area contributed by atoms with Crippen molar-refractivity contribution in [2.24, 2.45) is 5.73 Å². The van der Waals surface area contributed by atoms with Gasteiger partial charge in [-0.3, -0.25) is 4.90 Å². The van der Waals surface area contributed by atoms with Crippen molar-refractivity contribution in [2.75, 3.05) is 23.7 Å². The van der Waals surface area contributed by atoms with Crippen LogP contribution in [0.1, 0.15) is 31.0 Å². The van der Waals surface area contributed by atoms with Gasteiger partial charge in [0.15, 0.2) is 0 Å². The fraction of sp³-hybridized carbons (Fsp3) is 0.333. The maximum Gasteiger partial charge on any atom is 0.411 e. The van der Waals surface area contributed by atoms with Crippen molar-refractivity contribution in [2.45, 2.75) is 32.4 Å². The standard InChI is InChI=1S/C21H24ClFN4O3/c1-12-10-13(22)4-7-17(12)26-19(28)25-14-5-6-16(23)15(11-14)18-21(2,3)30-20(29)27(18)9-8-24/h4-7,10-11,18H,8-9,24H2,1-3H3,(H2,25,26,28). The highest BCUT2D eigenvalue weighted by Crippen LogP contribution is 2.42. The van der Waals surface area contributed by atoms with Gasteiger partial charge in [0.1, 0.15) is 17.5 Å². The predicted molar refractivity (Wildman–Crippen MR) is 114 cm³/mol. The monoisotopic (exact) mass is 434 g/mol. The molecule has 0 aliphatic carbocycles. The number of halogens is 2. The zero-order valence-corrected chi connectivity index (χ0v) is 17.7. The van der Waals surface area contributed by atoms with Gasteiger partial charge in [-0.05, 0) is 62.7 Å². The van der Waals surface area contributed by atoms with Crippen molar-refractivity contribution < 1.29 is 18.7 Å². The summed E-state index contributed by atoms with van der Waals surface area (Å²) in [6.45, 7) is 5.68. The predicted octanol–water partition coefficient (Wildman–Crippen LogP) is 4.66. The van der Waals surface area contributed by atoms with Crippen LogP contribution < -0.4 is 16.4 Å². The maximum atomic E-state index is 14.7. The van der Waals surface area contributed by atoms with Gasteiger partial charge in [-0.1, -0.05) is 11.6 Å². The first-order valence-electron chi connectivity index (χ1n) is 9.45. The van der Waals surface area contributed by atoms with Crippen LogP contribution in [0, 0.1) is 12.7 Å². The van der Waals surface area contributed by atoms with Gasteiger partial charge in [0.25, 0.3) is 0 Å². The second-order valence-electron chi connectivity index (χ2n) is 7.63. The first-order chi connectivity index (χ1) is 14.1. The molecule has 9 heteroatoms. The summed E-state index contributed by atoms with van der Waals surface area (Å²) in [5.41, 5.74) is 6.66. The van der Waals surface area contributed by atoms with E-state index in [1.807, 2.05) is 6.92 Å². The molecule has 2 aromatic rings. The van der Waals surface area contributed by atoms with Gasteiger partial charge < -0.3 is 21.1 Å². The number of cyclic esters (lactones) is 1. The summed E-state index contributed by atoms with van der Waals surface area (Å²) in [6, 6.07) is 8.13. The Morgan fingerprint density at radius 1 is 1.27 bits per heavy atom. The molecule has 3 amide bonds. The van der Waals surface area contributed by atoms with Crippen LogP contribution in [0.5, 0.6) is 0 Å². The average molecular weight is 435 g/mol. The summed E-state index contributed by atoms with van der Waals surface area (Å²) in [6.07, 6.45) is -0.552. The Hall–Kier alpha value is -2.84. The van der Waals surface area contributed by atoms with E-state index >= 15 is 0 Å². The minimum atomic E-state index is -0.964. The number of hydrogen-bond acceptors (Lipinski definition) is 4. The Morgan fingerprint density at radius 3 is 2.67 bits per heavy atom. The van der Waals surface area contributed by atoms with Crippen LogP contribution in [0.25, 0.3) is 0 Å². The van der Waals surface area contributed by atoms with Gasteiger partial charge >= 0.3 is 12.1 Å². The number of aryl methyl sites for hydroxylation is 1. The van der Waals surface area contributed by atoms with Crippen molar-refractivity contribution in [3.8, 4) is 0 Å².